The van der Waals surface area contributed by atoms with E-state index in [1.807, 2.05) is 47.6 Å². The van der Waals surface area contributed by atoms with Crippen LogP contribution in [0.25, 0.3) is 11.6 Å². The molecule has 2 heterocycles. The number of nitrogens with one attached hydrogen (secondary N) is 1. The number of rotatable bonds is 9. The minimum absolute atomic E-state index is 0.0633. The third-order valence-electron chi connectivity index (χ3n) is 6.26. The predicted molar refractivity (Wildman–Crippen MR) is 134 cm³/mol. The average Bonchev–Trinajstić information content (AvgIpc) is 3.22. The minimum Gasteiger partial charge on any atom is -0.449 e. The van der Waals surface area contributed by atoms with E-state index in [0.717, 1.165) is 28.3 Å². The van der Waals surface area contributed by atoms with E-state index in [0.29, 0.717) is 24.3 Å². The molecule has 1 N–H and O–H groups in total. The highest BCUT2D eigenvalue weighted by Crippen LogP contribution is 2.39. The second-order valence-electron chi connectivity index (χ2n) is 10.1. The number of halogens is 1. The summed E-state index contributed by atoms with van der Waals surface area (Å²) in [6.07, 6.45) is 2.00. The van der Waals surface area contributed by atoms with E-state index in [2.05, 4.69) is 4.98 Å². The van der Waals surface area contributed by atoms with Crippen LogP contribution in [-0.2, 0) is 19.0 Å². The SMILES string of the molecule is COC(C)(C)CCOC(C)(C)CCOC(=O)N1C(=O)/C(=C\c2[nH]c(C)cc2C)c2cc(F)ccc21. The van der Waals surface area contributed by atoms with Gasteiger partial charge in [-0.3, -0.25) is 4.79 Å². The van der Waals surface area contributed by atoms with Crippen molar-refractivity contribution in [3.05, 3.63) is 52.6 Å². The Balaban J connectivity index is 1.70. The molecular weight excluding hydrogens is 451 g/mol. The summed E-state index contributed by atoms with van der Waals surface area (Å²) in [6, 6.07) is 5.85. The first-order valence-corrected chi connectivity index (χ1v) is 11.7. The maximum Gasteiger partial charge on any atom is 0.421 e. The van der Waals surface area contributed by atoms with Crippen molar-refractivity contribution in [2.75, 3.05) is 25.2 Å². The molecule has 190 valence electrons. The molecule has 0 unspecified atom stereocenters. The highest BCUT2D eigenvalue weighted by molar-refractivity contribution is 6.41. The Morgan fingerprint density at radius 2 is 1.77 bits per heavy atom. The second-order valence-corrected chi connectivity index (χ2v) is 10.1. The second kappa shape index (κ2) is 10.3. The van der Waals surface area contributed by atoms with Crippen LogP contribution in [0.4, 0.5) is 14.9 Å². The molecule has 0 fully saturated rings. The summed E-state index contributed by atoms with van der Waals surface area (Å²) in [5.41, 5.74) is 2.66. The van der Waals surface area contributed by atoms with Crippen molar-refractivity contribution in [2.24, 2.45) is 0 Å². The number of hydrogen-bond donors (Lipinski definition) is 1. The summed E-state index contributed by atoms with van der Waals surface area (Å²) in [6.45, 7) is 12.2. The average molecular weight is 487 g/mol. The number of ether oxygens (including phenoxy) is 3. The molecule has 0 atom stereocenters. The van der Waals surface area contributed by atoms with E-state index in [1.165, 1.54) is 18.2 Å². The largest absolute Gasteiger partial charge is 0.449 e. The Morgan fingerprint density at radius 3 is 2.40 bits per heavy atom. The van der Waals surface area contributed by atoms with E-state index in [1.54, 1.807) is 13.2 Å². The van der Waals surface area contributed by atoms with E-state index in [-0.39, 0.29) is 17.8 Å². The van der Waals surface area contributed by atoms with Gasteiger partial charge in [-0.1, -0.05) is 0 Å². The fourth-order valence-corrected chi connectivity index (χ4v) is 3.82. The van der Waals surface area contributed by atoms with Gasteiger partial charge in [-0.25, -0.2) is 14.1 Å². The maximum absolute atomic E-state index is 14.0. The van der Waals surface area contributed by atoms with Crippen LogP contribution in [0.1, 0.15) is 63.1 Å². The Labute approximate surface area is 206 Å². The minimum atomic E-state index is -0.804. The lowest BCUT2D eigenvalue weighted by Gasteiger charge is -2.29. The van der Waals surface area contributed by atoms with Crippen LogP contribution >= 0.6 is 0 Å². The Hall–Kier alpha value is -2.97. The first kappa shape index (κ1) is 26.6. The van der Waals surface area contributed by atoms with Gasteiger partial charge < -0.3 is 19.2 Å². The van der Waals surface area contributed by atoms with Gasteiger partial charge in [0.15, 0.2) is 0 Å². The number of fused-ring (bicyclic) bond motifs is 1. The number of aryl methyl sites for hydroxylation is 2. The number of carbonyl (C=O) groups is 2. The third-order valence-corrected chi connectivity index (χ3v) is 6.26. The topological polar surface area (TPSA) is 80.9 Å². The van der Waals surface area contributed by atoms with E-state index in [4.69, 9.17) is 14.2 Å². The quantitative estimate of drug-likeness (QED) is 0.454. The zero-order valence-corrected chi connectivity index (χ0v) is 21.6. The Morgan fingerprint density at radius 1 is 1.09 bits per heavy atom. The van der Waals surface area contributed by atoms with Crippen molar-refractivity contribution in [3.63, 3.8) is 0 Å². The van der Waals surface area contributed by atoms with Crippen molar-refractivity contribution in [2.45, 2.75) is 65.6 Å². The highest BCUT2D eigenvalue weighted by Gasteiger charge is 2.38. The lowest BCUT2D eigenvalue weighted by molar-refractivity contribution is -0.112. The van der Waals surface area contributed by atoms with Gasteiger partial charge >= 0.3 is 6.09 Å². The van der Waals surface area contributed by atoms with Crippen LogP contribution in [0.15, 0.2) is 24.3 Å². The van der Waals surface area contributed by atoms with E-state index < -0.39 is 23.4 Å². The van der Waals surface area contributed by atoms with Gasteiger partial charge in [0.1, 0.15) is 5.82 Å². The molecule has 0 bridgehead atoms. The summed E-state index contributed by atoms with van der Waals surface area (Å²) >= 11 is 0. The van der Waals surface area contributed by atoms with Gasteiger partial charge in [-0.05, 0) is 83.9 Å². The van der Waals surface area contributed by atoms with Crippen LogP contribution in [0.2, 0.25) is 0 Å². The number of methoxy groups -OCH3 is 1. The van der Waals surface area contributed by atoms with Crippen molar-refractivity contribution >= 4 is 29.3 Å². The van der Waals surface area contributed by atoms with Gasteiger partial charge in [-0.15, -0.1) is 0 Å². The molecule has 0 radical (unpaired) electrons. The van der Waals surface area contributed by atoms with Crippen molar-refractivity contribution < 1.29 is 28.2 Å². The Kier molecular flexibility index (Phi) is 7.87. The number of anilines is 1. The zero-order valence-electron chi connectivity index (χ0n) is 21.6. The molecule has 2 aromatic rings. The normalized spacial score (nSPS) is 15.1. The standard InChI is InChI=1S/C27H35FN2O5/c1-17-14-18(2)29-22(17)16-21-20-15-19(28)8-9-23(20)30(24(21)31)25(32)34-12-10-27(5,6)35-13-11-26(3,4)33-7/h8-9,14-16,29H,10-13H2,1-7H3/b21-16-. The summed E-state index contributed by atoms with van der Waals surface area (Å²) in [4.78, 5) is 30.3. The van der Waals surface area contributed by atoms with Crippen LogP contribution < -0.4 is 4.90 Å². The molecule has 0 aliphatic carbocycles. The smallest absolute Gasteiger partial charge is 0.421 e. The number of aromatic nitrogens is 1. The van der Waals surface area contributed by atoms with Gasteiger partial charge in [0.2, 0.25) is 0 Å². The van der Waals surface area contributed by atoms with Crippen molar-refractivity contribution in [3.8, 4) is 0 Å². The molecule has 2 amide bonds. The summed E-state index contributed by atoms with van der Waals surface area (Å²) in [7, 11) is 1.66. The maximum atomic E-state index is 14.0. The van der Waals surface area contributed by atoms with E-state index in [9.17, 15) is 14.0 Å². The molecule has 1 aromatic heterocycles. The van der Waals surface area contributed by atoms with Gasteiger partial charge in [-0.2, -0.15) is 0 Å². The van der Waals surface area contributed by atoms with Crippen molar-refractivity contribution in [1.82, 2.24) is 4.98 Å². The number of aromatic amines is 1. The Bertz CT molecular complexity index is 1130. The summed E-state index contributed by atoms with van der Waals surface area (Å²) < 4.78 is 30.8. The molecule has 1 aliphatic rings. The summed E-state index contributed by atoms with van der Waals surface area (Å²) in [5, 5.41) is 0. The molecule has 0 saturated heterocycles. The fraction of sp³-hybridized carbons (Fsp3) is 0.481. The molecule has 1 aliphatic heterocycles. The number of amides is 2. The van der Waals surface area contributed by atoms with Gasteiger partial charge in [0.25, 0.3) is 5.91 Å². The van der Waals surface area contributed by atoms with Crippen LogP contribution in [0.3, 0.4) is 0 Å². The fourth-order valence-electron chi connectivity index (χ4n) is 3.82. The van der Waals surface area contributed by atoms with Crippen LogP contribution in [0, 0.1) is 19.7 Å². The third kappa shape index (κ3) is 6.38. The monoisotopic (exact) mass is 486 g/mol. The van der Waals surface area contributed by atoms with Crippen LogP contribution in [-0.4, -0.2) is 48.5 Å². The number of benzene rings is 1. The van der Waals surface area contributed by atoms with Crippen LogP contribution in [0.5, 0.6) is 0 Å². The van der Waals surface area contributed by atoms with Gasteiger partial charge in [0, 0.05) is 30.5 Å². The summed E-state index contributed by atoms with van der Waals surface area (Å²) in [5.74, 6) is -1.05. The first-order valence-electron chi connectivity index (χ1n) is 11.7. The molecule has 8 heteroatoms. The molecule has 35 heavy (non-hydrogen) atoms. The predicted octanol–water partition coefficient (Wildman–Crippen LogP) is 5.79. The molecule has 1 aromatic carbocycles. The molecule has 7 nitrogen and oxygen atoms in total. The lowest BCUT2D eigenvalue weighted by Crippen LogP contribution is -2.36. The van der Waals surface area contributed by atoms with Gasteiger partial charge in [0.05, 0.1) is 35.7 Å². The highest BCUT2D eigenvalue weighted by atomic mass is 19.1. The zero-order chi connectivity index (χ0) is 26.0. The lowest BCUT2D eigenvalue weighted by atomic mass is 10.0. The molecule has 0 spiro atoms. The number of nitrogens with zero attached hydrogens (tertiary/aromatic N) is 1. The molecule has 3 rings (SSSR count). The number of H-pyrrole nitrogens is 1. The first-order chi connectivity index (χ1) is 16.3. The van der Waals surface area contributed by atoms with E-state index >= 15 is 0 Å². The molecular formula is C27H35FN2O5. The molecule has 0 saturated carbocycles. The number of carbonyl (C=O) groups excluding carboxylic acids is 2. The van der Waals surface area contributed by atoms with Crippen molar-refractivity contribution in [1.29, 1.82) is 0 Å². The number of hydrogen-bond acceptors (Lipinski definition) is 5. The number of imide groups is 1.